The highest BCUT2D eigenvalue weighted by molar-refractivity contribution is 6.35. The minimum atomic E-state index is -1.77. The molecule has 0 amide bonds. The second-order valence-corrected chi connectivity index (χ2v) is 12.5. The largest absolute Gasteiger partial charge is 0.504 e. The number of epoxide rings is 1. The van der Waals surface area contributed by atoms with Gasteiger partial charge in [-0.15, -0.1) is 0 Å². The fourth-order valence-electron chi connectivity index (χ4n) is 5.61. The van der Waals surface area contributed by atoms with E-state index in [-0.39, 0.29) is 29.7 Å². The first-order valence-corrected chi connectivity index (χ1v) is 14.0. The molecule has 1 spiro atoms. The highest BCUT2D eigenvalue weighted by Crippen LogP contribution is 2.61. The Balaban J connectivity index is 1.91. The number of carbonyl (C=O) groups excluding carboxylic acids is 3. The van der Waals surface area contributed by atoms with Gasteiger partial charge in [-0.3, -0.25) is 14.4 Å². The number of phenols is 2. The van der Waals surface area contributed by atoms with Gasteiger partial charge >= 0.3 is 0 Å². The number of aromatic hydroxyl groups is 2. The number of benzene rings is 1. The molecule has 1 aromatic carbocycles. The summed E-state index contributed by atoms with van der Waals surface area (Å²) >= 11 is 0. The lowest BCUT2D eigenvalue weighted by Crippen LogP contribution is -2.61. The molecular formula is C33H40O8. The van der Waals surface area contributed by atoms with Gasteiger partial charge in [0.05, 0.1) is 0 Å². The van der Waals surface area contributed by atoms with Crippen molar-refractivity contribution in [1.82, 2.24) is 0 Å². The van der Waals surface area contributed by atoms with Crippen LogP contribution in [-0.2, 0) is 19.1 Å². The Hall–Kier alpha value is -3.49. The molecule has 2 saturated heterocycles. The number of Topliss-reactive ketones (excluding diaryl/α,β-unsaturated/α-hetero) is 3. The maximum atomic E-state index is 14.6. The van der Waals surface area contributed by atoms with Gasteiger partial charge in [0, 0.05) is 5.56 Å². The zero-order chi connectivity index (χ0) is 30.5. The molecule has 0 saturated carbocycles. The number of phenolic OH excluding ortho intramolecular Hbond substituents is 2. The number of rotatable bonds is 9. The first-order valence-electron chi connectivity index (χ1n) is 14.0. The van der Waals surface area contributed by atoms with Crippen LogP contribution in [0.3, 0.4) is 0 Å². The quantitative estimate of drug-likeness (QED) is 0.0904. The van der Waals surface area contributed by atoms with Crippen LogP contribution in [0.15, 0.2) is 64.5 Å². The lowest BCUT2D eigenvalue weighted by Gasteiger charge is -2.44. The van der Waals surface area contributed by atoms with Gasteiger partial charge in [0.1, 0.15) is 28.8 Å². The third kappa shape index (κ3) is 5.19. The molecule has 2 fully saturated rings. The topological polar surface area (TPSA) is 134 Å². The third-order valence-electron chi connectivity index (χ3n) is 8.23. The summed E-state index contributed by atoms with van der Waals surface area (Å²) in [6.45, 7) is 12.9. The van der Waals surface area contributed by atoms with Crippen molar-refractivity contribution in [2.45, 2.75) is 97.6 Å². The third-order valence-corrected chi connectivity index (χ3v) is 8.23. The van der Waals surface area contributed by atoms with Crippen LogP contribution < -0.4 is 0 Å². The molecule has 0 bridgehead atoms. The Morgan fingerprint density at radius 2 is 1.59 bits per heavy atom. The molecule has 0 radical (unpaired) electrons. The average molecular weight is 565 g/mol. The number of hydrogen-bond donors (Lipinski definition) is 3. The van der Waals surface area contributed by atoms with Gasteiger partial charge in [-0.1, -0.05) is 34.9 Å². The standard InChI is InChI=1S/C33H40O8/c1-18(2)9-8-10-20(5)14-16-32(15-13-19(3)4)26(37)24(25(36)21-11-12-22(34)23(35)17-21)28-33(30(32)39)29(41-33)27(38)31(6,7)40-28/h9,11-14,17,27,29,34-35,38H,8,10,15-16H2,1-7H3/b20-14+/t27-,29-,32-,33+/m0/s1. The van der Waals surface area contributed by atoms with Crippen molar-refractivity contribution in [1.29, 1.82) is 0 Å². The lowest BCUT2D eigenvalue weighted by molar-refractivity contribution is -0.150. The summed E-state index contributed by atoms with van der Waals surface area (Å²) in [6.07, 6.45) is 5.28. The van der Waals surface area contributed by atoms with Crippen LogP contribution in [0, 0.1) is 5.41 Å². The second kappa shape index (κ2) is 10.7. The van der Waals surface area contributed by atoms with Crippen LogP contribution in [0.25, 0.3) is 0 Å². The summed E-state index contributed by atoms with van der Waals surface area (Å²) in [5.41, 5.74) is -2.00. The Morgan fingerprint density at radius 1 is 0.951 bits per heavy atom. The molecule has 2 heterocycles. The summed E-state index contributed by atoms with van der Waals surface area (Å²) < 4.78 is 12.1. The fourth-order valence-corrected chi connectivity index (χ4v) is 5.61. The highest BCUT2D eigenvalue weighted by Gasteiger charge is 2.80. The molecule has 4 rings (SSSR count). The van der Waals surface area contributed by atoms with Crippen molar-refractivity contribution in [2.75, 3.05) is 0 Å². The van der Waals surface area contributed by atoms with Crippen LogP contribution in [0.1, 0.15) is 84.5 Å². The number of aliphatic hydroxyl groups excluding tert-OH is 1. The maximum absolute atomic E-state index is 14.6. The first-order chi connectivity index (χ1) is 19.1. The number of hydrogen-bond acceptors (Lipinski definition) is 8. The predicted octanol–water partition coefficient (Wildman–Crippen LogP) is 5.42. The van der Waals surface area contributed by atoms with Crippen LogP contribution in [0.5, 0.6) is 11.5 Å². The SMILES string of the molecule is CC(C)=CCC/C(C)=C/C[C@@]1(CC=C(C)C)C(=O)C(C(=O)c2ccc(O)c(O)c2)=C2OC(C)(C)[C@@H](O)[C@@H]3O[C@]23C1=O. The van der Waals surface area contributed by atoms with E-state index in [1.807, 2.05) is 40.7 Å². The lowest BCUT2D eigenvalue weighted by atomic mass is 9.60. The second-order valence-electron chi connectivity index (χ2n) is 12.5. The van der Waals surface area contributed by atoms with E-state index in [2.05, 4.69) is 6.08 Å². The van der Waals surface area contributed by atoms with Crippen molar-refractivity contribution < 1.29 is 39.2 Å². The Labute approximate surface area is 241 Å². The van der Waals surface area contributed by atoms with Gasteiger partial charge < -0.3 is 24.8 Å². The van der Waals surface area contributed by atoms with E-state index >= 15 is 0 Å². The first kappa shape index (κ1) is 30.5. The van der Waals surface area contributed by atoms with Crippen molar-refractivity contribution in [3.05, 3.63) is 70.0 Å². The smallest absolute Gasteiger partial charge is 0.214 e. The van der Waals surface area contributed by atoms with Crippen LogP contribution in [0.2, 0.25) is 0 Å². The Morgan fingerprint density at radius 3 is 2.20 bits per heavy atom. The molecule has 8 nitrogen and oxygen atoms in total. The molecule has 41 heavy (non-hydrogen) atoms. The van der Waals surface area contributed by atoms with E-state index in [0.29, 0.717) is 0 Å². The fraction of sp³-hybridized carbons (Fsp3) is 0.485. The number of allylic oxidation sites excluding steroid dienone is 7. The van der Waals surface area contributed by atoms with Crippen LogP contribution >= 0.6 is 0 Å². The molecule has 2 aliphatic heterocycles. The van der Waals surface area contributed by atoms with E-state index in [1.54, 1.807) is 19.9 Å². The molecule has 3 N–H and O–H groups in total. The van der Waals surface area contributed by atoms with E-state index < -0.39 is 57.7 Å². The van der Waals surface area contributed by atoms with Crippen LogP contribution in [-0.4, -0.2) is 56.1 Å². The maximum Gasteiger partial charge on any atom is 0.214 e. The molecule has 220 valence electrons. The van der Waals surface area contributed by atoms with Crippen molar-refractivity contribution in [3.8, 4) is 11.5 Å². The predicted molar refractivity (Wildman–Crippen MR) is 153 cm³/mol. The van der Waals surface area contributed by atoms with E-state index in [1.165, 1.54) is 11.6 Å². The van der Waals surface area contributed by atoms with E-state index in [0.717, 1.165) is 36.1 Å². The van der Waals surface area contributed by atoms with E-state index in [9.17, 15) is 29.7 Å². The van der Waals surface area contributed by atoms with Gasteiger partial charge in [-0.25, -0.2) is 0 Å². The van der Waals surface area contributed by atoms with Gasteiger partial charge in [0.15, 0.2) is 34.6 Å². The molecule has 0 aromatic heterocycles. The molecule has 1 aromatic rings. The molecular weight excluding hydrogens is 524 g/mol. The molecule has 0 unspecified atom stereocenters. The summed E-state index contributed by atoms with van der Waals surface area (Å²) in [5, 5.41) is 30.9. The van der Waals surface area contributed by atoms with Crippen molar-refractivity contribution >= 4 is 17.3 Å². The summed E-state index contributed by atoms with van der Waals surface area (Å²) in [5.74, 6) is -3.12. The number of ether oxygens (including phenoxy) is 2. The molecule has 3 aliphatic rings. The van der Waals surface area contributed by atoms with Gasteiger partial charge in [0.25, 0.3) is 0 Å². The zero-order valence-corrected chi connectivity index (χ0v) is 24.8. The molecule has 1 aliphatic carbocycles. The number of carbonyl (C=O) groups is 3. The number of ketones is 3. The van der Waals surface area contributed by atoms with Crippen LogP contribution in [0.4, 0.5) is 0 Å². The van der Waals surface area contributed by atoms with Gasteiger partial charge in [-0.2, -0.15) is 0 Å². The Kier molecular flexibility index (Phi) is 7.97. The van der Waals surface area contributed by atoms with Crippen molar-refractivity contribution in [2.24, 2.45) is 5.41 Å². The summed E-state index contributed by atoms with van der Waals surface area (Å²) in [4.78, 5) is 43.1. The molecule has 8 heteroatoms. The minimum absolute atomic E-state index is 0.0347. The monoisotopic (exact) mass is 564 g/mol. The minimum Gasteiger partial charge on any atom is -0.504 e. The Bertz CT molecular complexity index is 1420. The average Bonchev–Trinajstić information content (AvgIpc) is 3.64. The van der Waals surface area contributed by atoms with Gasteiger partial charge in [0.2, 0.25) is 5.60 Å². The molecule has 4 atom stereocenters. The van der Waals surface area contributed by atoms with Crippen molar-refractivity contribution in [3.63, 3.8) is 0 Å². The van der Waals surface area contributed by atoms with E-state index in [4.69, 9.17) is 9.47 Å². The summed E-state index contributed by atoms with van der Waals surface area (Å²) in [7, 11) is 0. The zero-order valence-electron chi connectivity index (χ0n) is 24.8. The van der Waals surface area contributed by atoms with Gasteiger partial charge in [-0.05, 0) is 92.3 Å². The summed E-state index contributed by atoms with van der Waals surface area (Å²) in [6, 6.07) is 3.52. The highest BCUT2D eigenvalue weighted by atomic mass is 16.7. The number of aliphatic hydroxyl groups is 1. The normalized spacial score (nSPS) is 28.3.